The molecule has 0 aromatic heterocycles. The first-order chi connectivity index (χ1) is 7.04. The lowest BCUT2D eigenvalue weighted by atomic mass is 10.0. The number of piperazine rings is 1. The Labute approximate surface area is 89.0 Å². The van der Waals surface area contributed by atoms with Gasteiger partial charge in [0.15, 0.2) is 0 Å². The van der Waals surface area contributed by atoms with Crippen molar-refractivity contribution in [1.82, 2.24) is 9.80 Å². The van der Waals surface area contributed by atoms with Crippen molar-refractivity contribution in [2.24, 2.45) is 0 Å². The maximum absolute atomic E-state index is 11.3. The Morgan fingerprint density at radius 3 is 2.87 bits per heavy atom. The zero-order chi connectivity index (χ0) is 11.1. The summed E-state index contributed by atoms with van der Waals surface area (Å²) in [5, 5.41) is 0. The van der Waals surface area contributed by atoms with Gasteiger partial charge in [0.2, 0.25) is 0 Å². The molecule has 0 aliphatic carbocycles. The number of hydrogen-bond donors (Lipinski definition) is 0. The molecule has 1 amide bonds. The number of aldehydes is 1. The van der Waals surface area contributed by atoms with E-state index in [2.05, 4.69) is 4.90 Å². The van der Waals surface area contributed by atoms with Gasteiger partial charge < -0.3 is 9.53 Å². The first kappa shape index (κ1) is 10.4. The first-order valence-corrected chi connectivity index (χ1v) is 5.19. The molecule has 2 heterocycles. The van der Waals surface area contributed by atoms with Gasteiger partial charge in [0.25, 0.3) is 0 Å². The van der Waals surface area contributed by atoms with Gasteiger partial charge in [0.05, 0.1) is 11.6 Å². The van der Waals surface area contributed by atoms with Gasteiger partial charge in [-0.1, -0.05) is 0 Å². The van der Waals surface area contributed by atoms with Gasteiger partial charge in [-0.25, -0.2) is 4.79 Å². The number of rotatable bonds is 2. The Kier molecular flexibility index (Phi) is 2.42. The van der Waals surface area contributed by atoms with Crippen molar-refractivity contribution in [3.05, 3.63) is 0 Å². The molecule has 2 aliphatic rings. The number of ether oxygens (including phenoxy) is 1. The molecule has 1 atom stereocenters. The first-order valence-electron chi connectivity index (χ1n) is 5.19. The third-order valence-electron chi connectivity index (χ3n) is 3.22. The molecule has 5 nitrogen and oxygen atoms in total. The van der Waals surface area contributed by atoms with Crippen molar-refractivity contribution in [2.45, 2.75) is 25.4 Å². The number of carbonyl (C=O) groups excluding carboxylic acids is 2. The zero-order valence-corrected chi connectivity index (χ0v) is 9.10. The summed E-state index contributed by atoms with van der Waals surface area (Å²) in [7, 11) is 0. The van der Waals surface area contributed by atoms with E-state index in [-0.39, 0.29) is 12.1 Å². The molecule has 84 valence electrons. The molecule has 2 fully saturated rings. The molecule has 2 rings (SSSR count). The summed E-state index contributed by atoms with van der Waals surface area (Å²) in [6.45, 7) is 6.35. The summed E-state index contributed by atoms with van der Waals surface area (Å²) in [5.74, 6) is 0. The van der Waals surface area contributed by atoms with Crippen molar-refractivity contribution in [1.29, 1.82) is 0 Å². The third-order valence-corrected chi connectivity index (χ3v) is 3.22. The van der Waals surface area contributed by atoms with E-state index in [1.807, 2.05) is 13.8 Å². The minimum atomic E-state index is -0.447. The smallest absolute Gasteiger partial charge is 0.410 e. The fourth-order valence-electron chi connectivity index (χ4n) is 2.09. The van der Waals surface area contributed by atoms with Crippen LogP contribution >= 0.6 is 0 Å². The Balaban J connectivity index is 2.05. The van der Waals surface area contributed by atoms with Crippen LogP contribution in [0.1, 0.15) is 13.8 Å². The summed E-state index contributed by atoms with van der Waals surface area (Å²) in [5.41, 5.74) is -0.447. The van der Waals surface area contributed by atoms with E-state index in [1.54, 1.807) is 4.90 Å². The average molecular weight is 212 g/mol. The molecule has 2 aliphatic heterocycles. The van der Waals surface area contributed by atoms with E-state index < -0.39 is 5.54 Å². The number of fused-ring (bicyclic) bond motifs is 1. The van der Waals surface area contributed by atoms with Gasteiger partial charge in [-0.3, -0.25) is 9.80 Å². The Hall–Kier alpha value is -1.10. The molecule has 15 heavy (non-hydrogen) atoms. The highest BCUT2D eigenvalue weighted by Crippen LogP contribution is 2.22. The summed E-state index contributed by atoms with van der Waals surface area (Å²) in [6.07, 6.45) is 0.740. The second-order valence-electron chi connectivity index (χ2n) is 4.64. The van der Waals surface area contributed by atoms with E-state index in [9.17, 15) is 9.59 Å². The average Bonchev–Trinajstić information content (AvgIpc) is 2.60. The lowest BCUT2D eigenvalue weighted by Gasteiger charge is -2.41. The highest BCUT2D eigenvalue weighted by Gasteiger charge is 2.41. The van der Waals surface area contributed by atoms with E-state index >= 15 is 0 Å². The Bertz CT molecular complexity index is 290. The molecule has 5 heteroatoms. The van der Waals surface area contributed by atoms with Crippen LogP contribution in [0.15, 0.2) is 0 Å². The number of carbonyl (C=O) groups is 2. The molecule has 0 saturated carbocycles. The second kappa shape index (κ2) is 3.48. The van der Waals surface area contributed by atoms with Gasteiger partial charge in [0.1, 0.15) is 12.9 Å². The van der Waals surface area contributed by atoms with Crippen molar-refractivity contribution in [3.8, 4) is 0 Å². The quantitative estimate of drug-likeness (QED) is 0.609. The zero-order valence-electron chi connectivity index (χ0n) is 9.10. The predicted octanol–water partition coefficient (Wildman–Crippen LogP) is 0.100. The summed E-state index contributed by atoms with van der Waals surface area (Å²) < 4.78 is 4.97. The van der Waals surface area contributed by atoms with Crippen LogP contribution in [-0.4, -0.2) is 60.0 Å². The number of hydrogen-bond acceptors (Lipinski definition) is 4. The molecule has 1 unspecified atom stereocenters. The molecule has 0 N–H and O–H groups in total. The van der Waals surface area contributed by atoms with Gasteiger partial charge in [-0.05, 0) is 13.8 Å². The minimum Gasteiger partial charge on any atom is -0.447 e. The molecular formula is C10H16N2O3. The third kappa shape index (κ3) is 1.71. The lowest BCUT2D eigenvalue weighted by molar-refractivity contribution is -0.118. The molecular weight excluding hydrogens is 196 g/mol. The van der Waals surface area contributed by atoms with Gasteiger partial charge in [-0.2, -0.15) is 0 Å². The topological polar surface area (TPSA) is 49.9 Å². The van der Waals surface area contributed by atoms with E-state index in [1.165, 1.54) is 0 Å². The number of cyclic esters (lactones) is 1. The standard InChI is InChI=1S/C10H16N2O3/c1-10(2,7-13)11-3-4-12-8(5-11)6-15-9(12)14/h7-8H,3-6H2,1-2H3. The van der Waals surface area contributed by atoms with E-state index in [0.29, 0.717) is 13.2 Å². The number of amides is 1. The fraction of sp³-hybridized carbons (Fsp3) is 0.800. The summed E-state index contributed by atoms with van der Waals surface area (Å²) >= 11 is 0. The maximum atomic E-state index is 11.3. The van der Waals surface area contributed by atoms with Crippen LogP contribution in [-0.2, 0) is 9.53 Å². The largest absolute Gasteiger partial charge is 0.447 e. The van der Waals surface area contributed by atoms with Crippen molar-refractivity contribution in [2.75, 3.05) is 26.2 Å². The summed E-state index contributed by atoms with van der Waals surface area (Å²) in [6, 6.07) is 0.116. The van der Waals surface area contributed by atoms with Crippen LogP contribution in [0.25, 0.3) is 0 Å². The lowest BCUT2D eigenvalue weighted by Crippen LogP contribution is -2.58. The molecule has 0 aromatic rings. The highest BCUT2D eigenvalue weighted by molar-refractivity contribution is 5.70. The van der Waals surface area contributed by atoms with Crippen LogP contribution in [0.2, 0.25) is 0 Å². The van der Waals surface area contributed by atoms with Crippen LogP contribution in [0.3, 0.4) is 0 Å². The second-order valence-corrected chi connectivity index (χ2v) is 4.64. The fourth-order valence-corrected chi connectivity index (χ4v) is 2.09. The minimum absolute atomic E-state index is 0.116. The summed E-state index contributed by atoms with van der Waals surface area (Å²) in [4.78, 5) is 26.0. The van der Waals surface area contributed by atoms with E-state index in [0.717, 1.165) is 19.4 Å². The van der Waals surface area contributed by atoms with Crippen molar-refractivity contribution < 1.29 is 14.3 Å². The molecule has 0 bridgehead atoms. The molecule has 0 radical (unpaired) electrons. The normalized spacial score (nSPS) is 27.5. The SMILES string of the molecule is CC(C)(C=O)N1CCN2C(=O)OCC2C1. The maximum Gasteiger partial charge on any atom is 0.410 e. The van der Waals surface area contributed by atoms with Crippen LogP contribution in [0, 0.1) is 0 Å². The molecule has 2 saturated heterocycles. The molecule has 0 spiro atoms. The van der Waals surface area contributed by atoms with Crippen LogP contribution < -0.4 is 0 Å². The van der Waals surface area contributed by atoms with E-state index in [4.69, 9.17) is 4.74 Å². The molecule has 0 aromatic carbocycles. The van der Waals surface area contributed by atoms with Crippen molar-refractivity contribution in [3.63, 3.8) is 0 Å². The Morgan fingerprint density at radius 1 is 1.47 bits per heavy atom. The number of nitrogens with zero attached hydrogens (tertiary/aromatic N) is 2. The van der Waals surface area contributed by atoms with Gasteiger partial charge in [-0.15, -0.1) is 0 Å². The predicted molar refractivity (Wildman–Crippen MR) is 53.6 cm³/mol. The van der Waals surface area contributed by atoms with Gasteiger partial charge in [0, 0.05) is 19.6 Å². The monoisotopic (exact) mass is 212 g/mol. The van der Waals surface area contributed by atoms with Crippen molar-refractivity contribution >= 4 is 12.4 Å². The Morgan fingerprint density at radius 2 is 2.20 bits per heavy atom. The van der Waals surface area contributed by atoms with Crippen LogP contribution in [0.5, 0.6) is 0 Å². The highest BCUT2D eigenvalue weighted by atomic mass is 16.6. The van der Waals surface area contributed by atoms with Gasteiger partial charge >= 0.3 is 6.09 Å². The van der Waals surface area contributed by atoms with Crippen LogP contribution in [0.4, 0.5) is 4.79 Å².